The van der Waals surface area contributed by atoms with Gasteiger partial charge < -0.3 is 10.2 Å². The largest absolute Gasteiger partial charge is 0.439 e. The maximum Gasteiger partial charge on any atom is 0.211 e. The minimum Gasteiger partial charge on any atom is -0.439 e. The summed E-state index contributed by atoms with van der Waals surface area (Å²) in [6.07, 6.45) is 1.67. The van der Waals surface area contributed by atoms with Gasteiger partial charge in [-0.2, -0.15) is 0 Å². The number of nitrogens with zero attached hydrogens (tertiary/aromatic N) is 1. The minimum atomic E-state index is -0.199. The maximum absolute atomic E-state index is 6.05. The Bertz CT molecular complexity index is 505. The van der Waals surface area contributed by atoms with Crippen LogP contribution in [-0.4, -0.2) is 4.98 Å². The highest BCUT2D eigenvalue weighted by atomic mass is 35.5. The van der Waals surface area contributed by atoms with E-state index in [0.29, 0.717) is 11.7 Å². The lowest BCUT2D eigenvalue weighted by atomic mass is 10.1. The lowest BCUT2D eigenvalue weighted by molar-refractivity contribution is 0.473. The molecule has 0 spiro atoms. The fourth-order valence-corrected chi connectivity index (χ4v) is 1.56. The first-order valence-electron chi connectivity index (χ1n) is 5.06. The van der Waals surface area contributed by atoms with Crippen molar-refractivity contribution < 1.29 is 4.42 Å². The first-order valence-corrected chi connectivity index (χ1v) is 5.43. The summed E-state index contributed by atoms with van der Waals surface area (Å²) < 4.78 is 5.53. The topological polar surface area (TPSA) is 52.0 Å². The summed E-state index contributed by atoms with van der Waals surface area (Å²) in [5.74, 6) is 1.22. The van der Waals surface area contributed by atoms with Crippen LogP contribution in [0.5, 0.6) is 0 Å². The van der Waals surface area contributed by atoms with Crippen molar-refractivity contribution in [3.8, 4) is 11.3 Å². The summed E-state index contributed by atoms with van der Waals surface area (Å²) in [5.41, 5.74) is 7.63. The van der Waals surface area contributed by atoms with Crippen molar-refractivity contribution in [2.24, 2.45) is 5.73 Å². The Morgan fingerprint density at radius 1 is 1.44 bits per heavy atom. The number of aromatic nitrogens is 1. The maximum atomic E-state index is 6.05. The molecule has 84 valence electrons. The Morgan fingerprint density at radius 3 is 2.75 bits per heavy atom. The van der Waals surface area contributed by atoms with Gasteiger partial charge in [-0.05, 0) is 25.5 Å². The van der Waals surface area contributed by atoms with Crippen molar-refractivity contribution in [3.63, 3.8) is 0 Å². The Morgan fingerprint density at radius 2 is 2.19 bits per heavy atom. The molecule has 1 aromatic heterocycles. The average Bonchev–Trinajstić information content (AvgIpc) is 2.71. The molecule has 1 heterocycles. The number of hydrogen-bond acceptors (Lipinski definition) is 3. The van der Waals surface area contributed by atoms with Crippen LogP contribution in [-0.2, 0) is 0 Å². The Labute approximate surface area is 99.2 Å². The summed E-state index contributed by atoms with van der Waals surface area (Å²) in [6.45, 7) is 3.79. The molecular weight excluding hydrogens is 224 g/mol. The number of halogens is 1. The first kappa shape index (κ1) is 11.2. The molecule has 2 aromatic rings. The van der Waals surface area contributed by atoms with Gasteiger partial charge in [0.25, 0.3) is 0 Å². The lowest BCUT2D eigenvalue weighted by Gasteiger charge is -2.01. The quantitative estimate of drug-likeness (QED) is 0.870. The second kappa shape index (κ2) is 4.28. The van der Waals surface area contributed by atoms with Gasteiger partial charge in [0.05, 0.1) is 12.2 Å². The van der Waals surface area contributed by atoms with Crippen LogP contribution in [0.4, 0.5) is 0 Å². The van der Waals surface area contributed by atoms with E-state index in [2.05, 4.69) is 4.98 Å². The van der Waals surface area contributed by atoms with Crippen LogP contribution < -0.4 is 5.73 Å². The Kier molecular flexibility index (Phi) is 2.99. The Balaban J connectivity index is 2.39. The molecular formula is C12H13ClN2O. The van der Waals surface area contributed by atoms with Gasteiger partial charge in [0.1, 0.15) is 0 Å². The van der Waals surface area contributed by atoms with E-state index in [-0.39, 0.29) is 6.04 Å². The number of rotatable bonds is 2. The van der Waals surface area contributed by atoms with Gasteiger partial charge in [-0.3, -0.25) is 0 Å². The Hall–Kier alpha value is -1.32. The zero-order valence-corrected chi connectivity index (χ0v) is 9.95. The summed E-state index contributed by atoms with van der Waals surface area (Å²) in [5, 5.41) is 0.719. The van der Waals surface area contributed by atoms with E-state index in [1.807, 2.05) is 32.0 Å². The molecule has 3 nitrogen and oxygen atoms in total. The third-order valence-electron chi connectivity index (χ3n) is 2.37. The van der Waals surface area contributed by atoms with E-state index in [1.165, 1.54) is 0 Å². The fourth-order valence-electron chi connectivity index (χ4n) is 1.38. The molecule has 1 atom stereocenters. The molecule has 1 aromatic carbocycles. The molecule has 0 radical (unpaired) electrons. The number of benzene rings is 1. The van der Waals surface area contributed by atoms with Crippen LogP contribution in [0.3, 0.4) is 0 Å². The molecule has 2 N–H and O–H groups in total. The van der Waals surface area contributed by atoms with Gasteiger partial charge in [0.15, 0.2) is 5.76 Å². The SMILES string of the molecule is Cc1ccc(-c2cnc(C(C)N)o2)cc1Cl. The first-order chi connectivity index (χ1) is 7.58. The van der Waals surface area contributed by atoms with Gasteiger partial charge in [-0.25, -0.2) is 4.98 Å². The highest BCUT2D eigenvalue weighted by molar-refractivity contribution is 6.31. The predicted molar refractivity (Wildman–Crippen MR) is 64.3 cm³/mol. The number of aryl methyl sites for hydroxylation is 1. The average molecular weight is 237 g/mol. The van der Waals surface area contributed by atoms with Crippen LogP contribution in [0, 0.1) is 6.92 Å². The van der Waals surface area contributed by atoms with Crippen LogP contribution in [0.25, 0.3) is 11.3 Å². The normalized spacial score (nSPS) is 12.8. The molecule has 0 aliphatic rings. The van der Waals surface area contributed by atoms with E-state index in [1.54, 1.807) is 6.20 Å². The molecule has 0 saturated heterocycles. The standard InChI is InChI=1S/C12H13ClN2O/c1-7-3-4-9(5-10(7)13)11-6-15-12(16-11)8(2)14/h3-6,8H,14H2,1-2H3. The lowest BCUT2D eigenvalue weighted by Crippen LogP contribution is -2.04. The molecule has 0 aliphatic heterocycles. The van der Waals surface area contributed by atoms with Gasteiger partial charge in [0, 0.05) is 10.6 Å². The van der Waals surface area contributed by atoms with E-state index >= 15 is 0 Å². The zero-order valence-electron chi connectivity index (χ0n) is 9.20. The van der Waals surface area contributed by atoms with Crippen molar-refractivity contribution in [2.75, 3.05) is 0 Å². The second-order valence-electron chi connectivity index (χ2n) is 3.82. The molecule has 4 heteroatoms. The number of oxazole rings is 1. The molecule has 1 unspecified atom stereocenters. The van der Waals surface area contributed by atoms with Crippen molar-refractivity contribution in [3.05, 3.63) is 40.9 Å². The van der Waals surface area contributed by atoms with Crippen molar-refractivity contribution in [1.82, 2.24) is 4.98 Å². The number of nitrogens with two attached hydrogens (primary N) is 1. The second-order valence-corrected chi connectivity index (χ2v) is 4.22. The predicted octanol–water partition coefficient (Wildman–Crippen LogP) is 3.32. The van der Waals surface area contributed by atoms with Gasteiger partial charge >= 0.3 is 0 Å². The van der Waals surface area contributed by atoms with E-state index in [0.717, 1.165) is 16.1 Å². The van der Waals surface area contributed by atoms with Crippen molar-refractivity contribution in [1.29, 1.82) is 0 Å². The molecule has 0 saturated carbocycles. The monoisotopic (exact) mass is 236 g/mol. The van der Waals surface area contributed by atoms with Gasteiger partial charge in [-0.15, -0.1) is 0 Å². The number of hydrogen-bond donors (Lipinski definition) is 1. The van der Waals surface area contributed by atoms with E-state index < -0.39 is 0 Å². The highest BCUT2D eigenvalue weighted by Crippen LogP contribution is 2.26. The van der Waals surface area contributed by atoms with Gasteiger partial charge in [0.2, 0.25) is 5.89 Å². The molecule has 0 amide bonds. The van der Waals surface area contributed by atoms with Gasteiger partial charge in [-0.1, -0.05) is 23.7 Å². The summed E-state index contributed by atoms with van der Waals surface area (Å²) >= 11 is 6.05. The van der Waals surface area contributed by atoms with E-state index in [4.69, 9.17) is 21.8 Å². The zero-order chi connectivity index (χ0) is 11.7. The highest BCUT2D eigenvalue weighted by Gasteiger charge is 2.10. The van der Waals surface area contributed by atoms with E-state index in [9.17, 15) is 0 Å². The summed E-state index contributed by atoms with van der Waals surface area (Å²) in [7, 11) is 0. The van der Waals surface area contributed by atoms with Crippen LogP contribution in [0.2, 0.25) is 5.02 Å². The molecule has 0 fully saturated rings. The van der Waals surface area contributed by atoms with Crippen molar-refractivity contribution >= 4 is 11.6 Å². The van der Waals surface area contributed by atoms with Crippen LogP contribution in [0.15, 0.2) is 28.8 Å². The van der Waals surface area contributed by atoms with Crippen LogP contribution in [0.1, 0.15) is 24.4 Å². The molecule has 2 rings (SSSR count). The third-order valence-corrected chi connectivity index (χ3v) is 2.78. The summed E-state index contributed by atoms with van der Waals surface area (Å²) in [6, 6.07) is 5.57. The molecule has 0 aliphatic carbocycles. The third kappa shape index (κ3) is 2.10. The minimum absolute atomic E-state index is 0.199. The van der Waals surface area contributed by atoms with Crippen molar-refractivity contribution in [2.45, 2.75) is 19.9 Å². The molecule has 16 heavy (non-hydrogen) atoms. The van der Waals surface area contributed by atoms with Crippen LogP contribution >= 0.6 is 11.6 Å². The summed E-state index contributed by atoms with van der Waals surface area (Å²) in [4.78, 5) is 4.11. The molecule has 0 bridgehead atoms. The fraction of sp³-hybridized carbons (Fsp3) is 0.250. The smallest absolute Gasteiger partial charge is 0.211 e.